The molecule has 0 bridgehead atoms. The molecule has 6 heteroatoms. The van der Waals surface area contributed by atoms with Gasteiger partial charge in [0.1, 0.15) is 11.9 Å². The molecule has 1 unspecified atom stereocenters. The van der Waals surface area contributed by atoms with Gasteiger partial charge in [-0.25, -0.2) is 4.39 Å². The maximum absolute atomic E-state index is 13.3. The quantitative estimate of drug-likeness (QED) is 0.762. The van der Waals surface area contributed by atoms with Gasteiger partial charge in [0.15, 0.2) is 5.75 Å². The summed E-state index contributed by atoms with van der Waals surface area (Å²) >= 11 is 18.1. The van der Waals surface area contributed by atoms with Crippen LogP contribution in [0.4, 0.5) is 10.1 Å². The van der Waals surface area contributed by atoms with Gasteiger partial charge in [-0.2, -0.15) is 0 Å². The molecule has 1 aliphatic rings. The van der Waals surface area contributed by atoms with Crippen molar-refractivity contribution in [3.05, 3.63) is 56.8 Å². The van der Waals surface area contributed by atoms with Gasteiger partial charge in [-0.1, -0.05) is 40.9 Å². The van der Waals surface area contributed by atoms with Crippen LogP contribution in [0.3, 0.4) is 0 Å². The monoisotopic (exact) mass is 331 g/mol. The van der Waals surface area contributed by atoms with E-state index in [2.05, 4.69) is 5.32 Å². The Labute approximate surface area is 130 Å². The largest absolute Gasteiger partial charge is 0.480 e. The molecule has 3 rings (SSSR count). The van der Waals surface area contributed by atoms with Crippen molar-refractivity contribution < 1.29 is 9.13 Å². The fraction of sp³-hybridized carbons (Fsp3) is 0.143. The van der Waals surface area contributed by atoms with Crippen molar-refractivity contribution >= 4 is 40.5 Å². The lowest BCUT2D eigenvalue weighted by Crippen LogP contribution is -2.24. The number of rotatable bonds is 1. The molecule has 2 aromatic carbocycles. The minimum absolute atomic E-state index is 0.224. The van der Waals surface area contributed by atoms with Crippen LogP contribution in [0.1, 0.15) is 11.7 Å². The predicted molar refractivity (Wildman–Crippen MR) is 79.7 cm³/mol. The summed E-state index contributed by atoms with van der Waals surface area (Å²) in [4.78, 5) is 0. The van der Waals surface area contributed by atoms with Gasteiger partial charge >= 0.3 is 0 Å². The summed E-state index contributed by atoms with van der Waals surface area (Å²) in [6, 6.07) is 7.77. The smallest absolute Gasteiger partial charge is 0.162 e. The van der Waals surface area contributed by atoms with E-state index in [1.54, 1.807) is 18.2 Å². The van der Waals surface area contributed by atoms with Crippen LogP contribution in [0.5, 0.6) is 5.75 Å². The molecular weight excluding hydrogens is 324 g/mol. The van der Waals surface area contributed by atoms with Crippen LogP contribution in [0.15, 0.2) is 30.3 Å². The highest BCUT2D eigenvalue weighted by Gasteiger charge is 2.25. The van der Waals surface area contributed by atoms with Gasteiger partial charge in [0, 0.05) is 21.7 Å². The van der Waals surface area contributed by atoms with Crippen LogP contribution in [0.25, 0.3) is 0 Å². The molecule has 0 aromatic heterocycles. The zero-order valence-electron chi connectivity index (χ0n) is 10.1. The molecule has 0 saturated carbocycles. The molecule has 0 spiro atoms. The van der Waals surface area contributed by atoms with E-state index in [0.717, 1.165) is 5.56 Å². The van der Waals surface area contributed by atoms with Crippen LogP contribution in [0.2, 0.25) is 15.1 Å². The third kappa shape index (κ3) is 2.53. The molecule has 1 N–H and O–H groups in total. The van der Waals surface area contributed by atoms with Gasteiger partial charge in [0.25, 0.3) is 0 Å². The number of hydrogen-bond acceptors (Lipinski definition) is 2. The van der Waals surface area contributed by atoms with E-state index in [4.69, 9.17) is 39.5 Å². The highest BCUT2D eigenvalue weighted by Crippen LogP contribution is 2.41. The minimum atomic E-state index is -0.409. The zero-order chi connectivity index (χ0) is 14.3. The van der Waals surface area contributed by atoms with Crippen LogP contribution in [0, 0.1) is 5.82 Å². The second-order valence-electron chi connectivity index (χ2n) is 4.42. The highest BCUT2D eigenvalue weighted by atomic mass is 35.5. The highest BCUT2D eigenvalue weighted by molar-refractivity contribution is 6.35. The maximum Gasteiger partial charge on any atom is 0.162 e. The first-order valence-electron chi connectivity index (χ1n) is 5.89. The van der Waals surface area contributed by atoms with Crippen molar-refractivity contribution in [2.45, 2.75) is 6.10 Å². The van der Waals surface area contributed by atoms with E-state index in [1.165, 1.54) is 12.1 Å². The second-order valence-corrected chi connectivity index (χ2v) is 5.67. The van der Waals surface area contributed by atoms with Crippen molar-refractivity contribution in [2.75, 3.05) is 11.9 Å². The Morgan fingerprint density at radius 2 is 1.90 bits per heavy atom. The van der Waals surface area contributed by atoms with E-state index in [0.29, 0.717) is 28.0 Å². The van der Waals surface area contributed by atoms with Gasteiger partial charge in [0.05, 0.1) is 17.3 Å². The Bertz CT molecular complexity index is 678. The summed E-state index contributed by atoms with van der Waals surface area (Å²) in [7, 11) is 0. The third-order valence-corrected chi connectivity index (χ3v) is 3.90. The van der Waals surface area contributed by atoms with E-state index in [1.807, 2.05) is 0 Å². The van der Waals surface area contributed by atoms with Crippen LogP contribution < -0.4 is 10.1 Å². The predicted octanol–water partition coefficient (Wildman–Crippen LogP) is 5.33. The first kappa shape index (κ1) is 13.8. The SMILES string of the molecule is Fc1cc(Cl)c2c(c1)NCC(c1ccc(Cl)cc1Cl)O2. The van der Waals surface area contributed by atoms with Gasteiger partial charge in [-0.05, 0) is 18.2 Å². The summed E-state index contributed by atoms with van der Waals surface area (Å²) in [6.45, 7) is 0.466. The topological polar surface area (TPSA) is 21.3 Å². The average Bonchev–Trinajstić information content (AvgIpc) is 2.38. The molecule has 0 amide bonds. The summed E-state index contributed by atoms with van der Waals surface area (Å²) in [5.41, 5.74) is 1.34. The Hall–Kier alpha value is -1.16. The van der Waals surface area contributed by atoms with Crippen molar-refractivity contribution in [1.82, 2.24) is 0 Å². The number of halogens is 4. The van der Waals surface area contributed by atoms with Crippen molar-refractivity contribution in [2.24, 2.45) is 0 Å². The molecule has 1 heterocycles. The number of anilines is 1. The number of hydrogen-bond donors (Lipinski definition) is 1. The van der Waals surface area contributed by atoms with E-state index < -0.39 is 5.82 Å². The van der Waals surface area contributed by atoms with Gasteiger partial charge in [-0.15, -0.1) is 0 Å². The fourth-order valence-corrected chi connectivity index (χ4v) is 2.91. The summed E-state index contributed by atoms with van der Waals surface area (Å²) in [5, 5.41) is 4.40. The molecule has 2 nitrogen and oxygen atoms in total. The van der Waals surface area contributed by atoms with Crippen molar-refractivity contribution in [3.63, 3.8) is 0 Å². The van der Waals surface area contributed by atoms with Gasteiger partial charge in [-0.3, -0.25) is 0 Å². The van der Waals surface area contributed by atoms with E-state index in [9.17, 15) is 4.39 Å². The fourth-order valence-electron chi connectivity index (χ4n) is 2.13. The number of nitrogens with one attached hydrogen (secondary N) is 1. The molecule has 0 fully saturated rings. The molecular formula is C14H9Cl3FNO. The van der Waals surface area contributed by atoms with Crippen LogP contribution in [-0.4, -0.2) is 6.54 Å². The molecule has 1 atom stereocenters. The van der Waals surface area contributed by atoms with Crippen LogP contribution >= 0.6 is 34.8 Å². The number of fused-ring (bicyclic) bond motifs is 1. The third-order valence-electron chi connectivity index (χ3n) is 3.06. The van der Waals surface area contributed by atoms with Gasteiger partial charge in [0.2, 0.25) is 0 Å². The molecule has 0 saturated heterocycles. The minimum Gasteiger partial charge on any atom is -0.480 e. The zero-order valence-corrected chi connectivity index (χ0v) is 12.4. The van der Waals surface area contributed by atoms with E-state index in [-0.39, 0.29) is 11.1 Å². The molecule has 1 aliphatic heterocycles. The number of ether oxygens (including phenoxy) is 1. The summed E-state index contributed by atoms with van der Waals surface area (Å²) in [6.07, 6.45) is -0.310. The Balaban J connectivity index is 1.96. The van der Waals surface area contributed by atoms with E-state index >= 15 is 0 Å². The Morgan fingerprint density at radius 3 is 2.65 bits per heavy atom. The maximum atomic E-state index is 13.3. The lowest BCUT2D eigenvalue weighted by atomic mass is 10.1. The first-order chi connectivity index (χ1) is 9.54. The number of benzene rings is 2. The normalized spacial score (nSPS) is 17.1. The van der Waals surface area contributed by atoms with Gasteiger partial charge < -0.3 is 10.1 Å². The lowest BCUT2D eigenvalue weighted by Gasteiger charge is -2.29. The van der Waals surface area contributed by atoms with Crippen LogP contribution in [-0.2, 0) is 0 Å². The molecule has 20 heavy (non-hydrogen) atoms. The summed E-state index contributed by atoms with van der Waals surface area (Å²) < 4.78 is 19.1. The molecule has 104 valence electrons. The lowest BCUT2D eigenvalue weighted by molar-refractivity contribution is 0.210. The molecule has 2 aromatic rings. The second kappa shape index (κ2) is 5.32. The molecule has 0 aliphatic carbocycles. The first-order valence-corrected chi connectivity index (χ1v) is 7.02. The van der Waals surface area contributed by atoms with Crippen molar-refractivity contribution in [1.29, 1.82) is 0 Å². The molecule has 0 radical (unpaired) electrons. The Kier molecular flexibility index (Phi) is 3.67. The summed E-state index contributed by atoms with van der Waals surface area (Å²) in [5.74, 6) is 0.0168. The average molecular weight is 333 g/mol. The standard InChI is InChI=1S/C14H9Cl3FNO/c15-7-1-2-9(10(16)3-7)13-6-19-12-5-8(18)4-11(17)14(12)20-13/h1-5,13,19H,6H2. The Morgan fingerprint density at radius 1 is 1.10 bits per heavy atom. The van der Waals surface area contributed by atoms with Crippen molar-refractivity contribution in [3.8, 4) is 5.75 Å².